The highest BCUT2D eigenvalue weighted by molar-refractivity contribution is 6.01. The minimum Gasteiger partial charge on any atom is -0.508 e. The van der Waals surface area contributed by atoms with Gasteiger partial charge in [0.05, 0.1) is 5.56 Å². The van der Waals surface area contributed by atoms with Crippen molar-refractivity contribution in [2.75, 3.05) is 30.3 Å². The zero-order valence-electron chi connectivity index (χ0n) is 25.1. The number of hydrogen-bond donors (Lipinski definition) is 4. The summed E-state index contributed by atoms with van der Waals surface area (Å²) in [5.41, 5.74) is 9.93. The second kappa shape index (κ2) is 11.1. The third-order valence-electron chi connectivity index (χ3n) is 8.54. The molecule has 0 fully saturated rings. The van der Waals surface area contributed by atoms with Gasteiger partial charge in [-0.05, 0) is 117 Å². The topological polar surface area (TPSA) is 99.7 Å². The van der Waals surface area contributed by atoms with E-state index in [0.717, 1.165) is 75.4 Å². The van der Waals surface area contributed by atoms with Gasteiger partial charge in [-0.3, -0.25) is 4.79 Å². The van der Waals surface area contributed by atoms with Crippen molar-refractivity contribution < 1.29 is 19.4 Å². The highest BCUT2D eigenvalue weighted by Crippen LogP contribution is 2.53. The molecule has 0 aromatic heterocycles. The maximum atomic E-state index is 13.7. The van der Waals surface area contributed by atoms with Crippen LogP contribution < -0.4 is 16.0 Å². The molecule has 4 aromatic rings. The van der Waals surface area contributed by atoms with Crippen LogP contribution in [0.3, 0.4) is 0 Å². The lowest BCUT2D eigenvalue weighted by Gasteiger charge is -2.38. The number of hydrogen-bond acceptors (Lipinski definition) is 6. The fraction of sp³-hybridized carbons (Fsp3) is 0.278. The monoisotopic (exact) mass is 575 g/mol. The zero-order valence-corrected chi connectivity index (χ0v) is 25.1. The molecule has 0 saturated heterocycles. The van der Waals surface area contributed by atoms with Gasteiger partial charge >= 0.3 is 5.97 Å². The summed E-state index contributed by atoms with van der Waals surface area (Å²) in [7, 11) is 0. The van der Waals surface area contributed by atoms with E-state index in [0.29, 0.717) is 24.1 Å². The fourth-order valence-corrected chi connectivity index (χ4v) is 6.46. The van der Waals surface area contributed by atoms with Gasteiger partial charge in [-0.25, -0.2) is 4.79 Å². The van der Waals surface area contributed by atoms with Crippen LogP contribution in [0.2, 0.25) is 0 Å². The Morgan fingerprint density at radius 3 is 2.02 bits per heavy atom. The molecule has 1 spiro atoms. The molecule has 0 unspecified atom stereocenters. The molecule has 1 amide bonds. The molecule has 0 radical (unpaired) electrons. The Balaban J connectivity index is 1.41. The van der Waals surface area contributed by atoms with E-state index in [1.165, 1.54) is 0 Å². The molecule has 1 heterocycles. The third-order valence-corrected chi connectivity index (χ3v) is 8.54. The Labute approximate surface area is 252 Å². The van der Waals surface area contributed by atoms with Crippen molar-refractivity contribution in [3.63, 3.8) is 0 Å². The summed E-state index contributed by atoms with van der Waals surface area (Å²) >= 11 is 0. The molecule has 2 aliphatic rings. The number of phenolic OH excluding ortho intramolecular Hbond substituents is 1. The molecule has 4 N–H and O–H groups in total. The van der Waals surface area contributed by atoms with E-state index in [9.17, 15) is 14.7 Å². The summed E-state index contributed by atoms with van der Waals surface area (Å²) < 4.78 is 6.47. The first-order valence-corrected chi connectivity index (χ1v) is 14.9. The molecule has 1 aliphatic carbocycles. The Morgan fingerprint density at radius 2 is 1.44 bits per heavy atom. The molecule has 0 atom stereocenters. The number of benzene rings is 4. The maximum absolute atomic E-state index is 13.7. The zero-order chi connectivity index (χ0) is 30.3. The van der Waals surface area contributed by atoms with Crippen LogP contribution in [0.4, 0.5) is 11.4 Å². The van der Waals surface area contributed by atoms with E-state index in [-0.39, 0.29) is 11.7 Å². The highest BCUT2D eigenvalue weighted by Gasteiger charge is 2.52. The summed E-state index contributed by atoms with van der Waals surface area (Å²) in [6, 6.07) is 20.9. The minimum absolute atomic E-state index is 0.209. The Hall–Kier alpha value is -4.78. The van der Waals surface area contributed by atoms with Crippen LogP contribution >= 0.6 is 0 Å². The van der Waals surface area contributed by atoms with Crippen molar-refractivity contribution in [1.82, 2.24) is 5.32 Å². The first kappa shape index (κ1) is 28.3. The minimum atomic E-state index is -1.10. The van der Waals surface area contributed by atoms with Crippen molar-refractivity contribution in [2.24, 2.45) is 0 Å². The van der Waals surface area contributed by atoms with Gasteiger partial charge in [-0.2, -0.15) is 0 Å². The number of ether oxygens (including phenoxy) is 1. The number of anilines is 2. The fourth-order valence-electron chi connectivity index (χ4n) is 6.46. The van der Waals surface area contributed by atoms with Crippen LogP contribution in [0.5, 0.6) is 5.75 Å². The molecule has 220 valence electrons. The van der Waals surface area contributed by atoms with E-state index in [1.807, 2.05) is 18.2 Å². The molecular formula is C36H37N3O4. The second-order valence-electron chi connectivity index (χ2n) is 11.4. The van der Waals surface area contributed by atoms with Crippen LogP contribution in [0.1, 0.15) is 79.1 Å². The summed E-state index contributed by atoms with van der Waals surface area (Å²) in [6.07, 6.45) is 1.34. The summed E-state index contributed by atoms with van der Waals surface area (Å²) in [6.45, 7) is 10.4. The SMILES string of the molecule is CCNc1cc2c(cc1C)C1(OC(=O)c3cc(C(=O)NCCc4ccc(O)cc4)ccc31)c1cc(C)c(NCC)cc1C2. The van der Waals surface area contributed by atoms with E-state index < -0.39 is 11.6 Å². The van der Waals surface area contributed by atoms with Crippen LogP contribution in [0.25, 0.3) is 0 Å². The molecule has 7 nitrogen and oxygen atoms in total. The van der Waals surface area contributed by atoms with Gasteiger partial charge < -0.3 is 25.8 Å². The van der Waals surface area contributed by atoms with E-state index in [4.69, 9.17) is 4.74 Å². The Bertz CT molecular complexity index is 1680. The van der Waals surface area contributed by atoms with Gasteiger partial charge in [0.1, 0.15) is 5.75 Å². The summed E-state index contributed by atoms with van der Waals surface area (Å²) in [4.78, 5) is 26.8. The first-order valence-electron chi connectivity index (χ1n) is 14.9. The number of carbonyl (C=O) groups is 2. The van der Waals surface area contributed by atoms with Crippen molar-refractivity contribution in [2.45, 2.75) is 46.1 Å². The van der Waals surface area contributed by atoms with Crippen molar-refractivity contribution in [1.29, 1.82) is 0 Å². The van der Waals surface area contributed by atoms with Crippen molar-refractivity contribution >= 4 is 23.3 Å². The van der Waals surface area contributed by atoms with Gasteiger partial charge in [0.15, 0.2) is 5.60 Å². The van der Waals surface area contributed by atoms with Crippen LogP contribution in [0.15, 0.2) is 66.7 Å². The lowest BCUT2D eigenvalue weighted by Crippen LogP contribution is -2.35. The molecule has 1 aliphatic heterocycles. The molecule has 0 saturated carbocycles. The largest absolute Gasteiger partial charge is 0.508 e. The maximum Gasteiger partial charge on any atom is 0.340 e. The van der Waals surface area contributed by atoms with E-state index in [2.05, 4.69) is 67.9 Å². The number of fused-ring (bicyclic) bond motifs is 6. The van der Waals surface area contributed by atoms with Crippen LogP contribution in [-0.4, -0.2) is 36.6 Å². The van der Waals surface area contributed by atoms with Gasteiger partial charge in [0.25, 0.3) is 5.91 Å². The van der Waals surface area contributed by atoms with E-state index in [1.54, 1.807) is 24.3 Å². The Morgan fingerprint density at radius 1 is 0.837 bits per heavy atom. The smallest absolute Gasteiger partial charge is 0.340 e. The van der Waals surface area contributed by atoms with Crippen LogP contribution in [0, 0.1) is 13.8 Å². The number of nitrogens with one attached hydrogen (secondary N) is 3. The molecule has 0 bridgehead atoms. The number of rotatable bonds is 8. The number of aromatic hydroxyl groups is 1. The molecular weight excluding hydrogens is 538 g/mol. The molecule has 6 rings (SSSR count). The quantitative estimate of drug-likeness (QED) is 0.187. The normalized spacial score (nSPS) is 14.0. The number of phenols is 1. The van der Waals surface area contributed by atoms with Gasteiger partial charge in [-0.1, -0.05) is 18.2 Å². The molecule has 4 aromatic carbocycles. The number of aryl methyl sites for hydroxylation is 2. The Kier molecular flexibility index (Phi) is 7.34. The average Bonchev–Trinajstić information content (AvgIpc) is 3.28. The van der Waals surface area contributed by atoms with E-state index >= 15 is 0 Å². The molecule has 7 heteroatoms. The van der Waals surface area contributed by atoms with Crippen LogP contribution in [-0.2, 0) is 23.2 Å². The highest BCUT2D eigenvalue weighted by atomic mass is 16.6. The lowest BCUT2D eigenvalue weighted by molar-refractivity contribution is 0.0240. The van der Waals surface area contributed by atoms with Crippen molar-refractivity contribution in [3.8, 4) is 5.75 Å². The van der Waals surface area contributed by atoms with Gasteiger partial charge in [0.2, 0.25) is 0 Å². The predicted octanol–water partition coefficient (Wildman–Crippen LogP) is 6.21. The number of esters is 1. The molecule has 43 heavy (non-hydrogen) atoms. The average molecular weight is 576 g/mol. The third kappa shape index (κ3) is 4.88. The van der Waals surface area contributed by atoms with Gasteiger partial charge in [0, 0.05) is 53.3 Å². The van der Waals surface area contributed by atoms with Gasteiger partial charge in [-0.15, -0.1) is 0 Å². The number of carbonyl (C=O) groups excluding carboxylic acids is 2. The first-order chi connectivity index (χ1) is 20.7. The lowest BCUT2D eigenvalue weighted by atomic mass is 9.70. The summed E-state index contributed by atoms with van der Waals surface area (Å²) in [5, 5.41) is 19.4. The predicted molar refractivity (Wildman–Crippen MR) is 169 cm³/mol. The second-order valence-corrected chi connectivity index (χ2v) is 11.4. The standard InChI is InChI=1S/C36H37N3O4/c1-5-37-32-19-25-17-26-20-33(38-6-2)22(4)16-31(26)36(30(25)15-21(32)3)29-12-9-24(18-28(29)35(42)43-36)34(41)39-14-13-23-7-10-27(40)11-8-23/h7-12,15-16,18-20,37-38,40H,5-6,13-14,17H2,1-4H3,(H,39,41). The van der Waals surface area contributed by atoms with Crippen molar-refractivity contribution in [3.05, 3.63) is 122 Å². The summed E-state index contributed by atoms with van der Waals surface area (Å²) in [5.74, 6) is -0.480. The number of amides is 1.